The third-order valence-electron chi connectivity index (χ3n) is 3.16. The largest absolute Gasteiger partial charge is 0.493 e. The first-order chi connectivity index (χ1) is 11.8. The van der Waals surface area contributed by atoms with Crippen LogP contribution in [0.25, 0.3) is 0 Å². The van der Waals surface area contributed by atoms with E-state index in [-0.39, 0.29) is 0 Å². The van der Waals surface area contributed by atoms with Crippen LogP contribution in [-0.4, -0.2) is 33.1 Å². The van der Waals surface area contributed by atoms with Gasteiger partial charge in [0.1, 0.15) is 12.4 Å². The zero-order valence-corrected chi connectivity index (χ0v) is 14.1. The monoisotopic (exact) mass is 329 g/mol. The molecule has 24 heavy (non-hydrogen) atoms. The predicted octanol–water partition coefficient (Wildman–Crippen LogP) is 3.91. The molecule has 0 saturated carbocycles. The molecule has 0 radical (unpaired) electrons. The second-order valence-electron chi connectivity index (χ2n) is 4.93. The molecule has 0 N–H and O–H groups in total. The summed E-state index contributed by atoms with van der Waals surface area (Å²) in [5.41, 5.74) is 0.885. The van der Waals surface area contributed by atoms with Crippen LogP contribution in [0, 0.1) is 0 Å². The van der Waals surface area contributed by atoms with Crippen molar-refractivity contribution in [3.05, 3.63) is 54.1 Å². The minimum Gasteiger partial charge on any atom is -0.493 e. The molecule has 0 saturated heterocycles. The Morgan fingerprint density at radius 1 is 0.958 bits per heavy atom. The summed E-state index contributed by atoms with van der Waals surface area (Å²) in [5, 5.41) is 3.96. The minimum absolute atomic E-state index is 0.498. The van der Waals surface area contributed by atoms with Crippen LogP contribution in [0.3, 0.4) is 0 Å². The molecule has 0 amide bonds. The fourth-order valence-corrected chi connectivity index (χ4v) is 2.02. The number of methoxy groups -OCH3 is 1. The molecular weight excluding hydrogens is 306 g/mol. The Hall–Kier alpha value is -2.69. The third kappa shape index (κ3) is 5.83. The molecule has 0 aromatic heterocycles. The fourth-order valence-electron chi connectivity index (χ4n) is 2.02. The van der Waals surface area contributed by atoms with Crippen LogP contribution in [0.2, 0.25) is 0 Å². The number of ether oxygens (including phenoxy) is 3. The number of oxime groups is 1. The first-order valence-electron chi connectivity index (χ1n) is 7.97. The average Bonchev–Trinajstić information content (AvgIpc) is 2.63. The highest BCUT2D eigenvalue weighted by Crippen LogP contribution is 2.27. The lowest BCUT2D eigenvalue weighted by atomic mass is 10.2. The van der Waals surface area contributed by atoms with Gasteiger partial charge in [0.2, 0.25) is 0 Å². The standard InChI is InChI=1S/C19H23NO4/c1-3-22-18-11-10-16(14-19(18)21-2)15-20-24-13-7-12-23-17-8-5-4-6-9-17/h4-6,8-11,14-15H,3,7,12-13H2,1-2H3. The molecule has 0 spiro atoms. The van der Waals surface area contributed by atoms with Gasteiger partial charge in [0.15, 0.2) is 11.5 Å². The van der Waals surface area contributed by atoms with Gasteiger partial charge in [0.05, 0.1) is 26.5 Å². The van der Waals surface area contributed by atoms with Gasteiger partial charge in [-0.1, -0.05) is 23.4 Å². The summed E-state index contributed by atoms with van der Waals surface area (Å²) in [4.78, 5) is 5.24. The van der Waals surface area contributed by atoms with Gasteiger partial charge in [0.25, 0.3) is 0 Å². The summed E-state index contributed by atoms with van der Waals surface area (Å²) in [5.74, 6) is 2.26. The summed E-state index contributed by atoms with van der Waals surface area (Å²) in [7, 11) is 1.61. The van der Waals surface area contributed by atoms with Crippen LogP contribution in [0.4, 0.5) is 0 Å². The van der Waals surface area contributed by atoms with E-state index in [0.29, 0.717) is 25.6 Å². The van der Waals surface area contributed by atoms with Crippen molar-refractivity contribution in [3.8, 4) is 17.2 Å². The molecule has 2 aromatic rings. The Balaban J connectivity index is 1.70. The molecule has 0 aliphatic rings. The highest BCUT2D eigenvalue weighted by atomic mass is 16.6. The first-order valence-corrected chi connectivity index (χ1v) is 7.97. The van der Waals surface area contributed by atoms with E-state index in [1.807, 2.05) is 55.5 Å². The zero-order chi connectivity index (χ0) is 17.0. The predicted molar refractivity (Wildman–Crippen MR) is 94.3 cm³/mol. The van der Waals surface area contributed by atoms with Gasteiger partial charge >= 0.3 is 0 Å². The maximum atomic E-state index is 5.57. The first kappa shape index (κ1) is 17.7. The Morgan fingerprint density at radius 2 is 1.79 bits per heavy atom. The van der Waals surface area contributed by atoms with E-state index in [0.717, 1.165) is 23.5 Å². The van der Waals surface area contributed by atoms with Crippen LogP contribution >= 0.6 is 0 Å². The molecule has 2 aromatic carbocycles. The van der Waals surface area contributed by atoms with E-state index >= 15 is 0 Å². The molecule has 0 atom stereocenters. The van der Waals surface area contributed by atoms with Crippen molar-refractivity contribution in [2.75, 3.05) is 26.9 Å². The van der Waals surface area contributed by atoms with Crippen molar-refractivity contribution in [1.82, 2.24) is 0 Å². The topological polar surface area (TPSA) is 49.3 Å². The molecule has 0 fully saturated rings. The van der Waals surface area contributed by atoms with Gasteiger partial charge in [-0.25, -0.2) is 0 Å². The van der Waals surface area contributed by atoms with Gasteiger partial charge in [-0.2, -0.15) is 0 Å². The van der Waals surface area contributed by atoms with Crippen molar-refractivity contribution < 1.29 is 19.0 Å². The van der Waals surface area contributed by atoms with E-state index in [2.05, 4.69) is 5.16 Å². The van der Waals surface area contributed by atoms with Gasteiger partial charge in [0, 0.05) is 12.0 Å². The number of rotatable bonds is 10. The molecule has 2 rings (SSSR count). The van der Waals surface area contributed by atoms with Gasteiger partial charge in [-0.05, 0) is 37.3 Å². The maximum absolute atomic E-state index is 5.57. The van der Waals surface area contributed by atoms with Crippen LogP contribution in [0.15, 0.2) is 53.7 Å². The molecule has 0 unspecified atom stereocenters. The second kappa shape index (κ2) is 10.2. The fraction of sp³-hybridized carbons (Fsp3) is 0.316. The third-order valence-corrected chi connectivity index (χ3v) is 3.16. The molecular formula is C19H23NO4. The van der Waals surface area contributed by atoms with Crippen LogP contribution in [0.1, 0.15) is 18.9 Å². The number of hydrogen-bond donors (Lipinski definition) is 0. The van der Waals surface area contributed by atoms with Crippen molar-refractivity contribution in [3.63, 3.8) is 0 Å². The Labute approximate surface area is 142 Å². The van der Waals surface area contributed by atoms with Gasteiger partial charge in [-0.15, -0.1) is 0 Å². The van der Waals surface area contributed by atoms with Crippen molar-refractivity contribution in [2.24, 2.45) is 5.16 Å². The van der Waals surface area contributed by atoms with Crippen molar-refractivity contribution >= 4 is 6.21 Å². The summed E-state index contributed by atoms with van der Waals surface area (Å²) in [6.07, 6.45) is 2.41. The summed E-state index contributed by atoms with van der Waals surface area (Å²) in [6.45, 7) is 3.62. The Kier molecular flexibility index (Phi) is 7.47. The van der Waals surface area contributed by atoms with E-state index in [1.54, 1.807) is 13.3 Å². The lowest BCUT2D eigenvalue weighted by Crippen LogP contribution is -2.01. The molecule has 128 valence electrons. The van der Waals surface area contributed by atoms with Crippen molar-refractivity contribution in [2.45, 2.75) is 13.3 Å². The Morgan fingerprint density at radius 3 is 2.54 bits per heavy atom. The minimum atomic E-state index is 0.498. The second-order valence-corrected chi connectivity index (χ2v) is 4.93. The van der Waals surface area contributed by atoms with E-state index in [1.165, 1.54) is 0 Å². The van der Waals surface area contributed by atoms with Crippen LogP contribution in [-0.2, 0) is 4.84 Å². The van der Waals surface area contributed by atoms with Gasteiger partial charge < -0.3 is 19.0 Å². The zero-order valence-electron chi connectivity index (χ0n) is 14.1. The summed E-state index contributed by atoms with van der Waals surface area (Å²) < 4.78 is 16.3. The van der Waals surface area contributed by atoms with Crippen molar-refractivity contribution in [1.29, 1.82) is 0 Å². The number of benzene rings is 2. The van der Waals surface area contributed by atoms with Gasteiger partial charge in [-0.3, -0.25) is 0 Å². The maximum Gasteiger partial charge on any atom is 0.161 e. The molecule has 5 heteroatoms. The van der Waals surface area contributed by atoms with E-state index in [9.17, 15) is 0 Å². The van der Waals surface area contributed by atoms with Crippen LogP contribution < -0.4 is 14.2 Å². The molecule has 0 aliphatic carbocycles. The molecule has 5 nitrogen and oxygen atoms in total. The number of para-hydroxylation sites is 1. The highest BCUT2D eigenvalue weighted by molar-refractivity contribution is 5.80. The lowest BCUT2D eigenvalue weighted by Gasteiger charge is -2.09. The molecule has 0 aliphatic heterocycles. The normalized spacial score (nSPS) is 10.6. The molecule has 0 heterocycles. The quantitative estimate of drug-likeness (QED) is 0.377. The van der Waals surface area contributed by atoms with E-state index < -0.39 is 0 Å². The number of hydrogen-bond acceptors (Lipinski definition) is 5. The molecule has 0 bridgehead atoms. The number of nitrogens with zero attached hydrogens (tertiary/aromatic N) is 1. The highest BCUT2D eigenvalue weighted by Gasteiger charge is 2.04. The smallest absolute Gasteiger partial charge is 0.161 e. The Bertz CT molecular complexity index is 629. The average molecular weight is 329 g/mol. The van der Waals surface area contributed by atoms with E-state index in [4.69, 9.17) is 19.0 Å². The SMILES string of the molecule is CCOc1ccc(C=NOCCCOc2ccccc2)cc1OC. The lowest BCUT2D eigenvalue weighted by molar-refractivity contribution is 0.129. The summed E-state index contributed by atoms with van der Waals surface area (Å²) >= 11 is 0. The summed E-state index contributed by atoms with van der Waals surface area (Å²) in [6, 6.07) is 15.3. The van der Waals surface area contributed by atoms with Crippen LogP contribution in [0.5, 0.6) is 17.2 Å².